The number of nitrogens with zero attached hydrogens (tertiary/aromatic N) is 2. The first kappa shape index (κ1) is 14.3. The van der Waals surface area contributed by atoms with Gasteiger partial charge in [-0.2, -0.15) is 5.06 Å². The molecule has 0 aliphatic carbocycles. The minimum absolute atomic E-state index is 0.0310. The Kier molecular flexibility index (Phi) is 4.95. The smallest absolute Gasteiger partial charge is 0.344 e. The van der Waals surface area contributed by atoms with E-state index in [9.17, 15) is 4.79 Å². The van der Waals surface area contributed by atoms with E-state index in [1.165, 1.54) is 0 Å². The molecule has 1 aromatic rings. The summed E-state index contributed by atoms with van der Waals surface area (Å²) in [5.41, 5.74) is 1.09. The van der Waals surface area contributed by atoms with Gasteiger partial charge in [0, 0.05) is 13.1 Å². The summed E-state index contributed by atoms with van der Waals surface area (Å²) in [7, 11) is 0. The number of hydrogen-bond donors (Lipinski definition) is 1. The lowest BCUT2D eigenvalue weighted by Crippen LogP contribution is -2.33. The largest absolute Gasteiger partial charge is 0.483 e. The normalized spacial score (nSPS) is 20.4. The van der Waals surface area contributed by atoms with Crippen LogP contribution in [0.15, 0.2) is 30.3 Å². The molecular formula is C14H18N2O4. The quantitative estimate of drug-likeness (QED) is 0.855. The minimum Gasteiger partial charge on any atom is -0.483 e. The van der Waals surface area contributed by atoms with E-state index >= 15 is 0 Å². The van der Waals surface area contributed by atoms with E-state index < -0.39 is 0 Å². The summed E-state index contributed by atoms with van der Waals surface area (Å²) in [4.78, 5) is 27.8. The molecule has 6 heteroatoms. The molecule has 2 aliphatic heterocycles. The van der Waals surface area contributed by atoms with Gasteiger partial charge in [0.15, 0.2) is 0 Å². The lowest BCUT2D eigenvalue weighted by molar-refractivity contribution is -0.140. The van der Waals surface area contributed by atoms with Crippen molar-refractivity contribution in [3.8, 4) is 0 Å². The van der Waals surface area contributed by atoms with Gasteiger partial charge < -0.3 is 10.0 Å². The number of carbonyl (C=O) groups is 2. The molecule has 2 aliphatic rings. The zero-order chi connectivity index (χ0) is 14.4. The number of carbonyl (C=O) groups excluding carboxylic acids is 1. The number of piperidine rings is 1. The maximum absolute atomic E-state index is 11.9. The highest BCUT2D eigenvalue weighted by Crippen LogP contribution is 2.25. The van der Waals surface area contributed by atoms with E-state index in [4.69, 9.17) is 14.7 Å². The molecule has 1 N–H and O–H groups in total. The van der Waals surface area contributed by atoms with E-state index in [0.717, 1.165) is 31.5 Å². The van der Waals surface area contributed by atoms with Crippen molar-refractivity contribution in [3.63, 3.8) is 0 Å². The van der Waals surface area contributed by atoms with Crippen molar-refractivity contribution in [3.05, 3.63) is 35.9 Å². The van der Waals surface area contributed by atoms with Crippen LogP contribution in [0.5, 0.6) is 0 Å². The fraction of sp³-hybridized carbons (Fsp3) is 0.429. The van der Waals surface area contributed by atoms with Gasteiger partial charge >= 0.3 is 6.03 Å². The fourth-order valence-electron chi connectivity index (χ4n) is 2.49. The number of carboxylic acid groups (broad SMARTS) is 1. The van der Waals surface area contributed by atoms with Crippen molar-refractivity contribution < 1.29 is 19.5 Å². The molecule has 0 radical (unpaired) electrons. The maximum atomic E-state index is 11.9. The molecule has 2 bridgehead atoms. The van der Waals surface area contributed by atoms with E-state index in [2.05, 4.69) is 0 Å². The molecule has 1 atom stereocenters. The molecule has 108 valence electrons. The van der Waals surface area contributed by atoms with Crippen LogP contribution in [0.25, 0.3) is 0 Å². The third kappa shape index (κ3) is 3.27. The average molecular weight is 278 g/mol. The molecule has 0 aromatic heterocycles. The monoisotopic (exact) mass is 278 g/mol. The van der Waals surface area contributed by atoms with Crippen LogP contribution >= 0.6 is 0 Å². The first-order valence-electron chi connectivity index (χ1n) is 6.59. The number of amides is 2. The van der Waals surface area contributed by atoms with E-state index in [0.29, 0.717) is 6.61 Å². The molecule has 1 aromatic carbocycles. The Bertz CT molecular complexity index is 452. The zero-order valence-corrected chi connectivity index (χ0v) is 11.1. The lowest BCUT2D eigenvalue weighted by atomic mass is 10.1. The molecule has 0 spiro atoms. The number of fused-ring (bicyclic) bond motifs is 2. The highest BCUT2D eigenvalue weighted by Gasteiger charge is 2.40. The van der Waals surface area contributed by atoms with E-state index in [-0.39, 0.29) is 18.5 Å². The second-order valence-corrected chi connectivity index (χ2v) is 4.71. The third-order valence-electron chi connectivity index (χ3n) is 3.40. The summed E-state index contributed by atoms with van der Waals surface area (Å²) in [6, 6.07) is 10.2. The number of benzene rings is 1. The van der Waals surface area contributed by atoms with Crippen molar-refractivity contribution in [1.29, 1.82) is 0 Å². The van der Waals surface area contributed by atoms with Crippen LogP contribution < -0.4 is 0 Å². The molecule has 20 heavy (non-hydrogen) atoms. The second-order valence-electron chi connectivity index (χ2n) is 4.71. The Morgan fingerprint density at radius 1 is 1.35 bits per heavy atom. The Balaban J connectivity index is 0.000000452. The van der Waals surface area contributed by atoms with Crippen LogP contribution in [0.2, 0.25) is 0 Å². The molecule has 6 nitrogen and oxygen atoms in total. The highest BCUT2D eigenvalue weighted by molar-refractivity contribution is 5.76. The standard InChI is InChI=1S/C13H16N2O2.CH2O2/c16-13-14-8-4-7-12(9-14)15(13)17-10-11-5-2-1-3-6-11;2-1-3/h1-3,5-6,12H,4,7-10H2;1H,(H,2,3). The molecular weight excluding hydrogens is 260 g/mol. The topological polar surface area (TPSA) is 70.1 Å². The maximum Gasteiger partial charge on any atom is 0.344 e. The van der Waals surface area contributed by atoms with Crippen LogP contribution in [0.1, 0.15) is 18.4 Å². The first-order valence-corrected chi connectivity index (χ1v) is 6.59. The first-order chi connectivity index (χ1) is 9.76. The number of rotatable bonds is 3. The van der Waals surface area contributed by atoms with Gasteiger partial charge in [-0.15, -0.1) is 0 Å². The van der Waals surface area contributed by atoms with Crippen LogP contribution in [-0.4, -0.2) is 46.7 Å². The van der Waals surface area contributed by atoms with E-state index in [1.54, 1.807) is 5.06 Å². The SMILES string of the molecule is O=C1N2CCCC(C2)N1OCc1ccccc1.O=CO. The van der Waals surface area contributed by atoms with Gasteiger partial charge in [-0.25, -0.2) is 4.79 Å². The van der Waals surface area contributed by atoms with Gasteiger partial charge in [-0.05, 0) is 18.4 Å². The van der Waals surface area contributed by atoms with Crippen LogP contribution in [0.3, 0.4) is 0 Å². The average Bonchev–Trinajstić information content (AvgIpc) is 2.69. The van der Waals surface area contributed by atoms with Crippen molar-refractivity contribution in [2.75, 3.05) is 13.1 Å². The minimum atomic E-state index is -0.250. The van der Waals surface area contributed by atoms with E-state index in [1.807, 2.05) is 35.2 Å². The summed E-state index contributed by atoms with van der Waals surface area (Å²) >= 11 is 0. The number of hydroxylamine groups is 2. The van der Waals surface area contributed by atoms with Gasteiger partial charge in [-0.1, -0.05) is 30.3 Å². The summed E-state index contributed by atoms with van der Waals surface area (Å²) in [6.07, 6.45) is 2.14. The van der Waals surface area contributed by atoms with Crippen LogP contribution in [-0.2, 0) is 16.2 Å². The van der Waals surface area contributed by atoms with Crippen LogP contribution in [0, 0.1) is 0 Å². The molecule has 1 unspecified atom stereocenters. The molecule has 2 heterocycles. The molecule has 3 rings (SSSR count). The summed E-state index contributed by atoms with van der Waals surface area (Å²) in [5, 5.41) is 8.46. The van der Waals surface area contributed by atoms with Crippen molar-refractivity contribution >= 4 is 12.5 Å². The van der Waals surface area contributed by atoms with Gasteiger partial charge in [0.1, 0.15) is 6.61 Å². The Hall–Kier alpha value is -2.08. The third-order valence-corrected chi connectivity index (χ3v) is 3.40. The number of urea groups is 1. The van der Waals surface area contributed by atoms with Crippen molar-refractivity contribution in [2.24, 2.45) is 0 Å². The summed E-state index contributed by atoms with van der Waals surface area (Å²) in [5.74, 6) is 0. The summed E-state index contributed by atoms with van der Waals surface area (Å²) < 4.78 is 0. The molecule has 2 fully saturated rings. The van der Waals surface area contributed by atoms with Gasteiger partial charge in [0.05, 0.1) is 6.04 Å². The summed E-state index contributed by atoms with van der Waals surface area (Å²) in [6.45, 7) is 1.92. The van der Waals surface area contributed by atoms with Crippen LogP contribution in [0.4, 0.5) is 4.79 Å². The highest BCUT2D eigenvalue weighted by atomic mass is 16.7. The lowest BCUT2D eigenvalue weighted by Gasteiger charge is -2.22. The second kappa shape index (κ2) is 6.91. The van der Waals surface area contributed by atoms with Gasteiger partial charge in [0.25, 0.3) is 6.47 Å². The van der Waals surface area contributed by atoms with Crippen molar-refractivity contribution in [1.82, 2.24) is 9.96 Å². The van der Waals surface area contributed by atoms with Gasteiger partial charge in [0.2, 0.25) is 0 Å². The molecule has 2 saturated heterocycles. The van der Waals surface area contributed by atoms with Crippen molar-refractivity contribution in [2.45, 2.75) is 25.5 Å². The Labute approximate surface area is 117 Å². The predicted molar refractivity (Wildman–Crippen MR) is 71.8 cm³/mol. The predicted octanol–water partition coefficient (Wildman–Crippen LogP) is 1.72. The molecule has 0 saturated carbocycles. The Morgan fingerprint density at radius 3 is 2.70 bits per heavy atom. The molecule has 2 amide bonds. The fourth-order valence-corrected chi connectivity index (χ4v) is 2.49. The Morgan fingerprint density at radius 2 is 2.05 bits per heavy atom. The number of hydrogen-bond acceptors (Lipinski definition) is 3. The van der Waals surface area contributed by atoms with Gasteiger partial charge in [-0.3, -0.25) is 9.63 Å². The zero-order valence-electron chi connectivity index (χ0n) is 11.1.